The van der Waals surface area contributed by atoms with Crippen LogP contribution in [0.4, 0.5) is 0 Å². The maximum atomic E-state index is 4.26. The fourth-order valence-corrected chi connectivity index (χ4v) is 2.56. The normalized spacial score (nSPS) is 17.5. The molecule has 0 N–H and O–H groups in total. The van der Waals surface area contributed by atoms with E-state index in [9.17, 15) is 0 Å². The van der Waals surface area contributed by atoms with Crippen LogP contribution < -0.4 is 0 Å². The average Bonchev–Trinajstić information content (AvgIpc) is 2.67. The lowest BCUT2D eigenvalue weighted by Crippen LogP contribution is -2.12. The van der Waals surface area contributed by atoms with Crippen molar-refractivity contribution in [1.82, 2.24) is 0 Å². The fourth-order valence-electron chi connectivity index (χ4n) is 2.56. The van der Waals surface area contributed by atoms with E-state index < -0.39 is 0 Å². The highest BCUT2D eigenvalue weighted by Crippen LogP contribution is 2.29. The van der Waals surface area contributed by atoms with E-state index in [1.165, 1.54) is 29.6 Å². The van der Waals surface area contributed by atoms with Crippen LogP contribution in [0, 0.1) is 11.8 Å². The van der Waals surface area contributed by atoms with E-state index in [0.29, 0.717) is 5.92 Å². The Bertz CT molecular complexity index is 404. The highest BCUT2D eigenvalue weighted by atomic mass is 14.2. The molecule has 1 aliphatic carbocycles. The molecule has 0 bridgehead atoms. The Morgan fingerprint density at radius 2 is 2.05 bits per heavy atom. The molecule has 0 amide bonds. The van der Waals surface area contributed by atoms with Gasteiger partial charge < -0.3 is 0 Å². The minimum absolute atomic E-state index is 0.609. The molecule has 0 aromatic rings. The van der Waals surface area contributed by atoms with Crippen molar-refractivity contribution in [2.45, 2.75) is 46.5 Å². The van der Waals surface area contributed by atoms with E-state index in [1.807, 2.05) is 0 Å². The van der Waals surface area contributed by atoms with E-state index in [-0.39, 0.29) is 0 Å². The van der Waals surface area contributed by atoms with Gasteiger partial charge in [0.25, 0.3) is 0 Å². The van der Waals surface area contributed by atoms with Crippen molar-refractivity contribution < 1.29 is 0 Å². The molecular formula is C19H28. The Morgan fingerprint density at radius 3 is 2.68 bits per heavy atom. The molecule has 0 heterocycles. The quantitative estimate of drug-likeness (QED) is 0.490. The first-order valence-electron chi connectivity index (χ1n) is 7.43. The van der Waals surface area contributed by atoms with Gasteiger partial charge in [0.2, 0.25) is 0 Å². The highest BCUT2D eigenvalue weighted by Gasteiger charge is 2.16. The topological polar surface area (TPSA) is 0 Å². The second-order valence-corrected chi connectivity index (χ2v) is 5.63. The van der Waals surface area contributed by atoms with E-state index in [1.54, 1.807) is 0 Å². The van der Waals surface area contributed by atoms with Gasteiger partial charge in [-0.1, -0.05) is 69.4 Å². The number of hydrogen-bond donors (Lipinski definition) is 0. The molecule has 1 rings (SSSR count). The third kappa shape index (κ3) is 5.06. The Hall–Kier alpha value is -1.30. The maximum absolute atomic E-state index is 4.26. The Kier molecular flexibility index (Phi) is 6.62. The van der Waals surface area contributed by atoms with E-state index in [4.69, 9.17) is 0 Å². The van der Waals surface area contributed by atoms with Crippen LogP contribution in [0.25, 0.3) is 0 Å². The van der Waals surface area contributed by atoms with Gasteiger partial charge in [0.1, 0.15) is 0 Å². The van der Waals surface area contributed by atoms with Gasteiger partial charge in [-0.15, -0.1) is 0 Å². The monoisotopic (exact) mass is 256 g/mol. The van der Waals surface area contributed by atoms with Gasteiger partial charge in [-0.25, -0.2) is 0 Å². The second-order valence-electron chi connectivity index (χ2n) is 5.63. The zero-order valence-corrected chi connectivity index (χ0v) is 12.8. The molecule has 0 radical (unpaired) electrons. The lowest BCUT2D eigenvalue weighted by atomic mass is 9.82. The number of hydrogen-bond acceptors (Lipinski definition) is 0. The molecule has 0 nitrogen and oxygen atoms in total. The van der Waals surface area contributed by atoms with Gasteiger partial charge in [-0.2, -0.15) is 0 Å². The van der Waals surface area contributed by atoms with Crippen LogP contribution in [-0.4, -0.2) is 0 Å². The van der Waals surface area contributed by atoms with Crippen LogP contribution >= 0.6 is 0 Å². The fraction of sp³-hybridized carbons (Fsp3) is 0.474. The Morgan fingerprint density at radius 1 is 1.32 bits per heavy atom. The molecule has 19 heavy (non-hydrogen) atoms. The van der Waals surface area contributed by atoms with Crippen LogP contribution in [0.3, 0.4) is 0 Å². The molecule has 2 unspecified atom stereocenters. The third-order valence-corrected chi connectivity index (χ3v) is 4.23. The predicted octanol–water partition coefficient (Wildman–Crippen LogP) is 6.00. The maximum Gasteiger partial charge on any atom is -0.0157 e. The molecular weight excluding hydrogens is 228 g/mol. The average molecular weight is 256 g/mol. The van der Waals surface area contributed by atoms with E-state index in [2.05, 4.69) is 64.3 Å². The second kappa shape index (κ2) is 7.99. The summed E-state index contributed by atoms with van der Waals surface area (Å²) in [5.41, 5.74) is 3.88. The highest BCUT2D eigenvalue weighted by molar-refractivity contribution is 5.40. The van der Waals surface area contributed by atoms with Crippen molar-refractivity contribution in [2.75, 3.05) is 0 Å². The summed E-state index contributed by atoms with van der Waals surface area (Å²) in [7, 11) is 0. The van der Waals surface area contributed by atoms with Gasteiger partial charge in [0.05, 0.1) is 0 Å². The summed E-state index contributed by atoms with van der Waals surface area (Å²) in [4.78, 5) is 0. The molecule has 0 aromatic carbocycles. The molecule has 0 heteroatoms. The standard InChI is InChI=1S/C19H28/c1-6-18(17(5)15(2)3)14-13-16(4)19-11-9-7-8-10-12-19/h7-9,11-12,17-18H,2,4,6,10,13-14H2,1,3,5H3. The minimum atomic E-state index is 0.609. The van der Waals surface area contributed by atoms with E-state index in [0.717, 1.165) is 18.8 Å². The third-order valence-electron chi connectivity index (χ3n) is 4.23. The summed E-state index contributed by atoms with van der Waals surface area (Å²) in [6, 6.07) is 0. The molecule has 104 valence electrons. The molecule has 0 aliphatic heterocycles. The van der Waals surface area contributed by atoms with E-state index >= 15 is 0 Å². The predicted molar refractivity (Wildman–Crippen MR) is 87.1 cm³/mol. The molecule has 0 spiro atoms. The molecule has 2 atom stereocenters. The van der Waals surface area contributed by atoms with Crippen molar-refractivity contribution in [2.24, 2.45) is 11.8 Å². The first-order chi connectivity index (χ1) is 9.06. The molecule has 0 aromatic heterocycles. The molecule has 0 saturated carbocycles. The van der Waals surface area contributed by atoms with Crippen molar-refractivity contribution in [1.29, 1.82) is 0 Å². The summed E-state index contributed by atoms with van der Waals surface area (Å²) in [6.07, 6.45) is 15.4. The van der Waals surface area contributed by atoms with Crippen LogP contribution in [0.15, 0.2) is 60.3 Å². The number of allylic oxidation sites excluding steroid dienone is 8. The summed E-state index contributed by atoms with van der Waals surface area (Å²) in [5.74, 6) is 1.33. The first kappa shape index (κ1) is 15.8. The lowest BCUT2D eigenvalue weighted by molar-refractivity contribution is 0.366. The Labute approximate surface area is 119 Å². The van der Waals surface area contributed by atoms with Crippen molar-refractivity contribution in [3.8, 4) is 0 Å². The summed E-state index contributed by atoms with van der Waals surface area (Å²) in [6.45, 7) is 15.1. The van der Waals surface area contributed by atoms with Crippen molar-refractivity contribution >= 4 is 0 Å². The van der Waals surface area contributed by atoms with Crippen LogP contribution in [0.1, 0.15) is 46.5 Å². The van der Waals surface area contributed by atoms with Crippen molar-refractivity contribution in [3.63, 3.8) is 0 Å². The lowest BCUT2D eigenvalue weighted by Gasteiger charge is -2.23. The Balaban J connectivity index is 2.53. The zero-order chi connectivity index (χ0) is 14.3. The van der Waals surface area contributed by atoms with Gasteiger partial charge in [-0.05, 0) is 49.2 Å². The van der Waals surface area contributed by atoms with Crippen LogP contribution in [0.2, 0.25) is 0 Å². The largest absolute Gasteiger partial charge is 0.0999 e. The smallest absolute Gasteiger partial charge is 0.0157 e. The minimum Gasteiger partial charge on any atom is -0.0999 e. The van der Waals surface area contributed by atoms with Gasteiger partial charge in [0, 0.05) is 0 Å². The number of rotatable bonds is 7. The SMILES string of the molecule is C=C(CCC(CC)C(C)C(=C)C)C1=CCC=CC=C1. The van der Waals surface area contributed by atoms with Gasteiger partial charge >= 0.3 is 0 Å². The van der Waals surface area contributed by atoms with Gasteiger partial charge in [0.15, 0.2) is 0 Å². The summed E-state index contributed by atoms with van der Waals surface area (Å²) < 4.78 is 0. The molecule has 0 saturated heterocycles. The summed E-state index contributed by atoms with van der Waals surface area (Å²) in [5, 5.41) is 0. The van der Waals surface area contributed by atoms with Crippen LogP contribution in [-0.2, 0) is 0 Å². The molecule has 0 fully saturated rings. The van der Waals surface area contributed by atoms with Crippen LogP contribution in [0.5, 0.6) is 0 Å². The van der Waals surface area contributed by atoms with Gasteiger partial charge in [-0.3, -0.25) is 0 Å². The zero-order valence-electron chi connectivity index (χ0n) is 12.8. The summed E-state index contributed by atoms with van der Waals surface area (Å²) >= 11 is 0. The van der Waals surface area contributed by atoms with Crippen molar-refractivity contribution in [3.05, 3.63) is 60.3 Å². The molecule has 1 aliphatic rings. The first-order valence-corrected chi connectivity index (χ1v) is 7.43.